The van der Waals surface area contributed by atoms with E-state index in [9.17, 15) is 4.39 Å². The molecule has 1 N–H and O–H groups in total. The van der Waals surface area contributed by atoms with Gasteiger partial charge in [0, 0.05) is 6.04 Å². The summed E-state index contributed by atoms with van der Waals surface area (Å²) < 4.78 is 19.3. The Bertz CT molecular complexity index is 566. The highest BCUT2D eigenvalue weighted by Crippen LogP contribution is 2.23. The zero-order valence-corrected chi connectivity index (χ0v) is 12.8. The van der Waals surface area contributed by atoms with Crippen molar-refractivity contribution in [2.24, 2.45) is 5.92 Å². The molecule has 0 heterocycles. The van der Waals surface area contributed by atoms with Gasteiger partial charge in [0.15, 0.2) is 0 Å². The fourth-order valence-electron chi connectivity index (χ4n) is 2.01. The number of ether oxygens (including phenoxy) is 1. The molecule has 112 valence electrons. The topological polar surface area (TPSA) is 21.3 Å². The van der Waals surface area contributed by atoms with Gasteiger partial charge < -0.3 is 10.1 Å². The van der Waals surface area contributed by atoms with Crippen LogP contribution in [-0.4, -0.2) is 6.61 Å². The maximum Gasteiger partial charge on any atom is 0.146 e. The van der Waals surface area contributed by atoms with Gasteiger partial charge >= 0.3 is 0 Å². The highest BCUT2D eigenvalue weighted by atomic mass is 19.1. The van der Waals surface area contributed by atoms with Crippen molar-refractivity contribution >= 4 is 5.69 Å². The molecular weight excluding hydrogens is 265 g/mol. The Morgan fingerprint density at radius 3 is 2.29 bits per heavy atom. The molecule has 1 unspecified atom stereocenters. The van der Waals surface area contributed by atoms with Gasteiger partial charge in [-0.3, -0.25) is 0 Å². The Morgan fingerprint density at radius 2 is 1.67 bits per heavy atom. The number of hydrogen-bond donors (Lipinski definition) is 1. The molecule has 1 atom stereocenters. The Morgan fingerprint density at radius 1 is 1.00 bits per heavy atom. The molecule has 2 aromatic carbocycles. The molecule has 2 nitrogen and oxygen atoms in total. The molecule has 21 heavy (non-hydrogen) atoms. The van der Waals surface area contributed by atoms with E-state index in [1.54, 1.807) is 12.1 Å². The summed E-state index contributed by atoms with van der Waals surface area (Å²) in [7, 11) is 0. The quantitative estimate of drug-likeness (QED) is 0.804. The van der Waals surface area contributed by atoms with Gasteiger partial charge in [0.25, 0.3) is 0 Å². The average Bonchev–Trinajstić information content (AvgIpc) is 2.48. The minimum absolute atomic E-state index is 0.0287. The van der Waals surface area contributed by atoms with Gasteiger partial charge in [0.05, 0.1) is 12.3 Å². The molecule has 0 aliphatic rings. The van der Waals surface area contributed by atoms with Crippen LogP contribution in [0.3, 0.4) is 0 Å². The van der Waals surface area contributed by atoms with Crippen LogP contribution in [0.2, 0.25) is 0 Å². The smallest absolute Gasteiger partial charge is 0.146 e. The van der Waals surface area contributed by atoms with E-state index in [4.69, 9.17) is 4.74 Å². The molecule has 0 aliphatic carbocycles. The second kappa shape index (κ2) is 7.11. The van der Waals surface area contributed by atoms with Crippen LogP contribution in [0.4, 0.5) is 10.1 Å². The minimum Gasteiger partial charge on any atom is -0.493 e. The molecule has 0 bridgehead atoms. The minimum atomic E-state index is -0.235. The van der Waals surface area contributed by atoms with Crippen LogP contribution in [-0.2, 0) is 0 Å². The molecule has 0 fully saturated rings. The lowest BCUT2D eigenvalue weighted by Crippen LogP contribution is -2.08. The van der Waals surface area contributed by atoms with Crippen LogP contribution in [0.15, 0.2) is 48.5 Å². The Kier molecular flexibility index (Phi) is 5.20. The van der Waals surface area contributed by atoms with Gasteiger partial charge in [-0.2, -0.15) is 0 Å². The van der Waals surface area contributed by atoms with Crippen molar-refractivity contribution in [3.05, 3.63) is 59.9 Å². The highest BCUT2D eigenvalue weighted by Gasteiger charge is 2.08. The number of rotatable bonds is 6. The summed E-state index contributed by atoms with van der Waals surface area (Å²) in [6, 6.07) is 14.7. The molecule has 0 radical (unpaired) electrons. The van der Waals surface area contributed by atoms with Crippen LogP contribution < -0.4 is 10.1 Å². The molecule has 0 spiro atoms. The SMILES string of the molecule is CC(C)COc1ccc(C(C)Nc2ccccc2F)cc1. The fourth-order valence-corrected chi connectivity index (χ4v) is 2.01. The summed E-state index contributed by atoms with van der Waals surface area (Å²) in [6.07, 6.45) is 0. The second-order valence-corrected chi connectivity index (χ2v) is 5.62. The van der Waals surface area contributed by atoms with Crippen molar-refractivity contribution in [3.63, 3.8) is 0 Å². The van der Waals surface area contributed by atoms with E-state index >= 15 is 0 Å². The zero-order valence-electron chi connectivity index (χ0n) is 12.8. The summed E-state index contributed by atoms with van der Waals surface area (Å²) in [4.78, 5) is 0. The van der Waals surface area contributed by atoms with Gasteiger partial charge in [-0.15, -0.1) is 0 Å². The average molecular weight is 287 g/mol. The van der Waals surface area contributed by atoms with Crippen molar-refractivity contribution in [2.75, 3.05) is 11.9 Å². The predicted octanol–water partition coefficient (Wildman–Crippen LogP) is 5.03. The third-order valence-electron chi connectivity index (χ3n) is 3.21. The first-order chi connectivity index (χ1) is 10.1. The maximum absolute atomic E-state index is 13.6. The van der Waals surface area contributed by atoms with Gasteiger partial charge in [-0.1, -0.05) is 38.1 Å². The molecule has 0 saturated heterocycles. The highest BCUT2D eigenvalue weighted by molar-refractivity contribution is 5.46. The number of para-hydroxylation sites is 1. The van der Waals surface area contributed by atoms with Crippen LogP contribution in [0, 0.1) is 11.7 Å². The number of anilines is 1. The standard InChI is InChI=1S/C18H22FNO/c1-13(2)12-21-16-10-8-15(9-11-16)14(3)20-18-7-5-4-6-17(18)19/h4-11,13-14,20H,12H2,1-3H3. The van der Waals surface area contributed by atoms with E-state index in [1.165, 1.54) is 6.07 Å². The van der Waals surface area contributed by atoms with Gasteiger partial charge in [0.1, 0.15) is 11.6 Å². The molecule has 0 amide bonds. The molecule has 2 rings (SSSR count). The van der Waals surface area contributed by atoms with Crippen molar-refractivity contribution in [1.82, 2.24) is 0 Å². The Balaban J connectivity index is 2.00. The van der Waals surface area contributed by atoms with Crippen molar-refractivity contribution in [2.45, 2.75) is 26.8 Å². The third kappa shape index (κ3) is 4.48. The summed E-state index contributed by atoms with van der Waals surface area (Å²) in [5.41, 5.74) is 1.61. The van der Waals surface area contributed by atoms with E-state index in [0.717, 1.165) is 11.3 Å². The van der Waals surface area contributed by atoms with E-state index in [2.05, 4.69) is 19.2 Å². The van der Waals surface area contributed by atoms with Crippen LogP contribution >= 0.6 is 0 Å². The lowest BCUT2D eigenvalue weighted by Gasteiger charge is -2.17. The zero-order chi connectivity index (χ0) is 15.2. The van der Waals surface area contributed by atoms with E-state index in [0.29, 0.717) is 18.2 Å². The van der Waals surface area contributed by atoms with Crippen LogP contribution in [0.5, 0.6) is 5.75 Å². The van der Waals surface area contributed by atoms with E-state index in [-0.39, 0.29) is 11.9 Å². The molecule has 3 heteroatoms. The summed E-state index contributed by atoms with van der Waals surface area (Å²) in [5, 5.41) is 3.18. The van der Waals surface area contributed by atoms with Crippen LogP contribution in [0.25, 0.3) is 0 Å². The molecule has 0 saturated carbocycles. The first-order valence-corrected chi connectivity index (χ1v) is 7.30. The number of halogens is 1. The third-order valence-corrected chi connectivity index (χ3v) is 3.21. The first kappa shape index (κ1) is 15.4. The lowest BCUT2D eigenvalue weighted by atomic mass is 10.1. The lowest BCUT2D eigenvalue weighted by molar-refractivity contribution is 0.271. The summed E-state index contributed by atoms with van der Waals surface area (Å²) >= 11 is 0. The predicted molar refractivity (Wildman–Crippen MR) is 85.2 cm³/mol. The fraction of sp³-hybridized carbons (Fsp3) is 0.333. The van der Waals surface area contributed by atoms with Gasteiger partial charge in [-0.25, -0.2) is 4.39 Å². The second-order valence-electron chi connectivity index (χ2n) is 5.62. The largest absolute Gasteiger partial charge is 0.493 e. The maximum atomic E-state index is 13.6. The first-order valence-electron chi connectivity index (χ1n) is 7.30. The van der Waals surface area contributed by atoms with Crippen molar-refractivity contribution in [3.8, 4) is 5.75 Å². The molecule has 0 aromatic heterocycles. The Labute approximate surface area is 126 Å². The number of nitrogens with one attached hydrogen (secondary N) is 1. The monoisotopic (exact) mass is 287 g/mol. The van der Waals surface area contributed by atoms with E-state index in [1.807, 2.05) is 37.3 Å². The molecule has 0 aliphatic heterocycles. The summed E-state index contributed by atoms with van der Waals surface area (Å²) in [5.74, 6) is 1.14. The Hall–Kier alpha value is -2.03. The van der Waals surface area contributed by atoms with Gasteiger partial charge in [0.2, 0.25) is 0 Å². The van der Waals surface area contributed by atoms with E-state index < -0.39 is 0 Å². The normalized spacial score (nSPS) is 12.2. The van der Waals surface area contributed by atoms with Crippen LogP contribution in [0.1, 0.15) is 32.4 Å². The number of hydrogen-bond acceptors (Lipinski definition) is 2. The summed E-state index contributed by atoms with van der Waals surface area (Å²) in [6.45, 7) is 6.96. The molecule has 2 aromatic rings. The number of benzene rings is 2. The van der Waals surface area contributed by atoms with Gasteiger partial charge in [-0.05, 0) is 42.7 Å². The molecular formula is C18H22FNO. The van der Waals surface area contributed by atoms with Crippen molar-refractivity contribution in [1.29, 1.82) is 0 Å². The van der Waals surface area contributed by atoms with Crippen molar-refractivity contribution < 1.29 is 9.13 Å².